The zero-order valence-electron chi connectivity index (χ0n) is 13.9. The second-order valence-electron chi connectivity index (χ2n) is 5.57. The Kier molecular flexibility index (Phi) is 6.47. The van der Waals surface area contributed by atoms with E-state index in [0.717, 1.165) is 5.56 Å². The van der Waals surface area contributed by atoms with E-state index < -0.39 is 0 Å². The van der Waals surface area contributed by atoms with Crippen molar-refractivity contribution in [1.29, 1.82) is 0 Å². The minimum absolute atomic E-state index is 0.0404. The average Bonchev–Trinajstić information content (AvgIpc) is 2.89. The molecular weight excluding hydrogens is 312 g/mol. The van der Waals surface area contributed by atoms with Gasteiger partial charge in [0, 0.05) is 26.7 Å². The average molecular weight is 336 g/mol. The first-order valence-corrected chi connectivity index (χ1v) is 8.86. The van der Waals surface area contributed by atoms with Gasteiger partial charge in [-0.25, -0.2) is 0 Å². The number of rotatable bonds is 7. The summed E-state index contributed by atoms with van der Waals surface area (Å²) in [6.07, 6.45) is 0. The van der Waals surface area contributed by atoms with E-state index in [1.807, 2.05) is 17.9 Å². The molecule has 1 atom stereocenters. The monoisotopic (exact) mass is 336 g/mol. The van der Waals surface area contributed by atoms with Crippen LogP contribution in [-0.2, 0) is 14.3 Å². The summed E-state index contributed by atoms with van der Waals surface area (Å²) >= 11 is 1.65. The predicted octanol–water partition coefficient (Wildman–Crippen LogP) is 2.06. The van der Waals surface area contributed by atoms with Gasteiger partial charge < -0.3 is 14.5 Å². The summed E-state index contributed by atoms with van der Waals surface area (Å²) < 4.78 is 4.91. The molecular formula is C17H24N2O3S. The molecule has 6 heteroatoms. The number of amides is 2. The second-order valence-corrected chi connectivity index (χ2v) is 6.64. The van der Waals surface area contributed by atoms with E-state index in [2.05, 4.69) is 25.1 Å². The highest BCUT2D eigenvalue weighted by Gasteiger charge is 2.33. The molecule has 0 bridgehead atoms. The molecule has 0 unspecified atom stereocenters. The highest BCUT2D eigenvalue weighted by Crippen LogP contribution is 2.38. The van der Waals surface area contributed by atoms with Crippen LogP contribution in [0.4, 0.5) is 0 Å². The Hall–Kier alpha value is -1.53. The molecule has 0 saturated carbocycles. The third-order valence-electron chi connectivity index (χ3n) is 3.91. The van der Waals surface area contributed by atoms with E-state index in [1.165, 1.54) is 12.7 Å². The van der Waals surface area contributed by atoms with Gasteiger partial charge in [0.15, 0.2) is 0 Å². The Bertz CT molecular complexity index is 565. The van der Waals surface area contributed by atoms with Crippen LogP contribution in [0.3, 0.4) is 0 Å². The minimum atomic E-state index is -0.0404. The Labute approximate surface area is 142 Å². The van der Waals surface area contributed by atoms with Crippen molar-refractivity contribution in [1.82, 2.24) is 9.80 Å². The van der Waals surface area contributed by atoms with Gasteiger partial charge in [0.25, 0.3) is 0 Å². The molecule has 126 valence electrons. The molecule has 1 fully saturated rings. The largest absolute Gasteiger partial charge is 0.375 e. The summed E-state index contributed by atoms with van der Waals surface area (Å²) in [6.45, 7) is 5.77. The lowest BCUT2D eigenvalue weighted by Crippen LogP contribution is -2.41. The topological polar surface area (TPSA) is 49.9 Å². The van der Waals surface area contributed by atoms with Gasteiger partial charge in [0.2, 0.25) is 11.8 Å². The van der Waals surface area contributed by atoms with Crippen LogP contribution in [0, 0.1) is 6.92 Å². The van der Waals surface area contributed by atoms with Crippen LogP contribution in [0.2, 0.25) is 0 Å². The first kappa shape index (κ1) is 17.8. The Morgan fingerprint density at radius 3 is 2.91 bits per heavy atom. The molecule has 0 radical (unpaired) electrons. The van der Waals surface area contributed by atoms with Gasteiger partial charge >= 0.3 is 0 Å². The molecule has 2 amide bonds. The number of nitrogens with zero attached hydrogens (tertiary/aromatic N) is 2. The molecule has 1 aliphatic heterocycles. The summed E-state index contributed by atoms with van der Waals surface area (Å²) in [5.74, 6) is 0.592. The fourth-order valence-electron chi connectivity index (χ4n) is 2.70. The summed E-state index contributed by atoms with van der Waals surface area (Å²) in [6, 6.07) is 8.25. The number of methoxy groups -OCH3 is 1. The lowest BCUT2D eigenvalue weighted by atomic mass is 10.1. The van der Waals surface area contributed by atoms with Crippen LogP contribution < -0.4 is 0 Å². The zero-order chi connectivity index (χ0) is 16.8. The first-order valence-electron chi connectivity index (χ1n) is 7.81. The van der Waals surface area contributed by atoms with Crippen LogP contribution in [0.15, 0.2) is 24.3 Å². The number of thioether (sulfide) groups is 1. The maximum absolute atomic E-state index is 12.2. The van der Waals surface area contributed by atoms with Crippen molar-refractivity contribution in [3.8, 4) is 0 Å². The molecule has 1 aromatic rings. The molecule has 0 aliphatic carbocycles. The molecule has 5 nitrogen and oxygen atoms in total. The maximum atomic E-state index is 12.2. The number of carbonyl (C=O) groups excluding carboxylic acids is 2. The second kappa shape index (κ2) is 8.36. The van der Waals surface area contributed by atoms with E-state index in [4.69, 9.17) is 4.74 Å². The van der Waals surface area contributed by atoms with Crippen LogP contribution >= 0.6 is 11.8 Å². The summed E-state index contributed by atoms with van der Waals surface area (Å²) in [4.78, 5) is 27.8. The van der Waals surface area contributed by atoms with E-state index in [0.29, 0.717) is 25.4 Å². The smallest absolute Gasteiger partial charge is 0.248 e. The Balaban J connectivity index is 2.04. The minimum Gasteiger partial charge on any atom is -0.375 e. The number of ether oxygens (including phenoxy) is 1. The normalized spacial score (nSPS) is 17.6. The summed E-state index contributed by atoms with van der Waals surface area (Å²) in [7, 11) is 1.51. The molecule has 0 aromatic heterocycles. The number of benzene rings is 1. The van der Waals surface area contributed by atoms with Gasteiger partial charge in [-0.3, -0.25) is 9.59 Å². The van der Waals surface area contributed by atoms with Crippen molar-refractivity contribution < 1.29 is 14.3 Å². The fourth-order valence-corrected chi connectivity index (χ4v) is 3.91. The van der Waals surface area contributed by atoms with Gasteiger partial charge in [0.1, 0.15) is 12.0 Å². The standard InChI is InChI=1S/C17H24N2O3S/c1-4-18(15(20)11-22-3)8-9-19-16(21)12-23-17(19)14-7-5-6-13(2)10-14/h5-7,10,17H,4,8-9,11-12H2,1-3H3/t17-/m0/s1. The molecule has 1 heterocycles. The predicted molar refractivity (Wildman–Crippen MR) is 92.2 cm³/mol. The highest BCUT2D eigenvalue weighted by atomic mass is 32.2. The van der Waals surface area contributed by atoms with E-state index in [9.17, 15) is 9.59 Å². The summed E-state index contributed by atoms with van der Waals surface area (Å²) in [5, 5.41) is 0.0404. The number of aryl methyl sites for hydroxylation is 1. The van der Waals surface area contributed by atoms with Crippen LogP contribution in [0.1, 0.15) is 23.4 Å². The van der Waals surface area contributed by atoms with Gasteiger partial charge in [-0.15, -0.1) is 11.8 Å². The molecule has 1 aromatic carbocycles. The lowest BCUT2D eigenvalue weighted by Gasteiger charge is -2.28. The Morgan fingerprint density at radius 2 is 2.26 bits per heavy atom. The highest BCUT2D eigenvalue weighted by molar-refractivity contribution is 8.00. The molecule has 1 aliphatic rings. The van der Waals surface area contributed by atoms with Gasteiger partial charge in [0.05, 0.1) is 5.75 Å². The number of carbonyl (C=O) groups is 2. The fraction of sp³-hybridized carbons (Fsp3) is 0.529. The number of likely N-dealkylation sites (N-methyl/N-ethyl adjacent to an activating group) is 1. The molecule has 0 N–H and O–H groups in total. The van der Waals surface area contributed by atoms with Crippen molar-refractivity contribution in [2.24, 2.45) is 0 Å². The van der Waals surface area contributed by atoms with Crippen LogP contribution in [-0.4, -0.2) is 60.7 Å². The van der Waals surface area contributed by atoms with Crippen LogP contribution in [0.5, 0.6) is 0 Å². The van der Waals surface area contributed by atoms with E-state index in [1.54, 1.807) is 16.7 Å². The summed E-state index contributed by atoms with van der Waals surface area (Å²) in [5.41, 5.74) is 2.33. The number of hydrogen-bond donors (Lipinski definition) is 0. The molecule has 23 heavy (non-hydrogen) atoms. The van der Waals surface area contributed by atoms with Crippen LogP contribution in [0.25, 0.3) is 0 Å². The van der Waals surface area contributed by atoms with Crippen molar-refractivity contribution in [3.63, 3.8) is 0 Å². The quantitative estimate of drug-likeness (QED) is 0.765. The van der Waals surface area contributed by atoms with Gasteiger partial charge in [-0.1, -0.05) is 29.8 Å². The van der Waals surface area contributed by atoms with Crippen molar-refractivity contribution in [3.05, 3.63) is 35.4 Å². The molecule has 1 saturated heterocycles. The first-order chi connectivity index (χ1) is 11.1. The molecule has 2 rings (SSSR count). The zero-order valence-corrected chi connectivity index (χ0v) is 14.8. The third kappa shape index (κ3) is 4.48. The van der Waals surface area contributed by atoms with Gasteiger partial charge in [-0.05, 0) is 19.4 Å². The SMILES string of the molecule is CCN(CCN1C(=O)CS[C@H]1c1cccc(C)c1)C(=O)COC. The Morgan fingerprint density at radius 1 is 1.48 bits per heavy atom. The van der Waals surface area contributed by atoms with Crippen molar-refractivity contribution in [2.45, 2.75) is 19.2 Å². The van der Waals surface area contributed by atoms with Crippen molar-refractivity contribution in [2.75, 3.05) is 39.1 Å². The van der Waals surface area contributed by atoms with E-state index in [-0.39, 0.29) is 23.8 Å². The lowest BCUT2D eigenvalue weighted by molar-refractivity contribution is -0.136. The maximum Gasteiger partial charge on any atom is 0.248 e. The third-order valence-corrected chi connectivity index (χ3v) is 5.16. The van der Waals surface area contributed by atoms with Crippen molar-refractivity contribution >= 4 is 23.6 Å². The van der Waals surface area contributed by atoms with Gasteiger partial charge in [-0.2, -0.15) is 0 Å². The molecule has 0 spiro atoms. The van der Waals surface area contributed by atoms with E-state index >= 15 is 0 Å². The number of hydrogen-bond acceptors (Lipinski definition) is 4.